The first kappa shape index (κ1) is 14.8. The van der Waals surface area contributed by atoms with Gasteiger partial charge in [0.15, 0.2) is 5.75 Å². The molecule has 0 heterocycles. The molecule has 3 N–H and O–H groups in total. The quantitative estimate of drug-likeness (QED) is 0.592. The second-order valence-corrected chi connectivity index (χ2v) is 5.77. The van der Waals surface area contributed by atoms with Crippen molar-refractivity contribution in [2.24, 2.45) is 11.7 Å². The molecule has 94 valence electrons. The van der Waals surface area contributed by atoms with Crippen LogP contribution < -0.4 is 5.73 Å². The summed E-state index contributed by atoms with van der Waals surface area (Å²) >= 11 is 0. The van der Waals surface area contributed by atoms with E-state index in [4.69, 9.17) is 10.8 Å². The van der Waals surface area contributed by atoms with Crippen molar-refractivity contribution in [1.82, 2.24) is 4.31 Å². The van der Waals surface area contributed by atoms with Crippen LogP contribution in [0.1, 0.15) is 13.8 Å². The minimum absolute atomic E-state index is 0.0251. The summed E-state index contributed by atoms with van der Waals surface area (Å²) < 4.78 is 23.9. The summed E-state index contributed by atoms with van der Waals surface area (Å²) in [5, 5.41) is 8.44. The van der Waals surface area contributed by atoms with Crippen molar-refractivity contribution in [3.63, 3.8) is 0 Å². The molecule has 0 unspecified atom stereocenters. The van der Waals surface area contributed by atoms with Crippen LogP contribution in [-0.2, 0) is 19.6 Å². The molecule has 0 radical (unpaired) electrons. The van der Waals surface area contributed by atoms with Crippen molar-refractivity contribution in [3.05, 3.63) is 0 Å². The van der Waals surface area contributed by atoms with Crippen molar-refractivity contribution in [1.29, 1.82) is 0 Å². The molecule has 0 saturated heterocycles. The van der Waals surface area contributed by atoms with E-state index in [2.05, 4.69) is 0 Å². The van der Waals surface area contributed by atoms with Crippen LogP contribution in [0.4, 0.5) is 0 Å². The Bertz CT molecular complexity index is 363. The van der Waals surface area contributed by atoms with E-state index >= 15 is 0 Å². The average Bonchev–Trinajstić information content (AvgIpc) is 1.98. The normalized spacial score (nSPS) is 12.0. The van der Waals surface area contributed by atoms with Gasteiger partial charge < -0.3 is 10.8 Å². The van der Waals surface area contributed by atoms with Gasteiger partial charge in [-0.1, -0.05) is 13.8 Å². The largest absolute Gasteiger partial charge is 0.480 e. The Balaban J connectivity index is 4.86. The lowest BCUT2D eigenvalue weighted by Gasteiger charge is -2.21. The Kier molecular flexibility index (Phi) is 5.39. The van der Waals surface area contributed by atoms with Crippen molar-refractivity contribution < 1.29 is 23.1 Å². The van der Waals surface area contributed by atoms with Crippen LogP contribution in [-0.4, -0.2) is 48.5 Å². The summed E-state index contributed by atoms with van der Waals surface area (Å²) in [4.78, 5) is 21.1. The molecule has 0 aromatic carbocycles. The number of nitrogens with zero attached hydrogens (tertiary/aromatic N) is 1. The maximum absolute atomic E-state index is 11.5. The van der Waals surface area contributed by atoms with E-state index in [0.29, 0.717) is 0 Å². The van der Waals surface area contributed by atoms with Gasteiger partial charge in [0.25, 0.3) is 0 Å². The fourth-order valence-electron chi connectivity index (χ4n) is 1.10. The molecular formula is C8H16N2O5S. The number of carboxylic acid groups (broad SMARTS) is 1. The van der Waals surface area contributed by atoms with Gasteiger partial charge in [-0.05, 0) is 5.92 Å². The van der Waals surface area contributed by atoms with Crippen molar-refractivity contribution >= 4 is 21.9 Å². The lowest BCUT2D eigenvalue weighted by molar-refractivity contribution is -0.134. The number of rotatable bonds is 7. The zero-order chi connectivity index (χ0) is 12.9. The Morgan fingerprint density at radius 1 is 1.38 bits per heavy atom. The van der Waals surface area contributed by atoms with Crippen LogP contribution in [0.5, 0.6) is 0 Å². The number of amides is 1. The molecule has 0 aliphatic rings. The maximum atomic E-state index is 11.5. The number of carbonyl (C=O) groups excluding carboxylic acids is 1. The van der Waals surface area contributed by atoms with E-state index in [9.17, 15) is 18.0 Å². The van der Waals surface area contributed by atoms with Gasteiger partial charge in [0, 0.05) is 6.54 Å². The molecule has 16 heavy (non-hydrogen) atoms. The van der Waals surface area contributed by atoms with E-state index in [-0.39, 0.29) is 12.5 Å². The molecule has 0 rings (SSSR count). The molecule has 1 amide bonds. The lowest BCUT2D eigenvalue weighted by Crippen LogP contribution is -2.42. The molecule has 0 aromatic rings. The summed E-state index contributed by atoms with van der Waals surface area (Å²) in [6.07, 6.45) is 0. The van der Waals surface area contributed by atoms with Gasteiger partial charge in [0.2, 0.25) is 15.9 Å². The van der Waals surface area contributed by atoms with Gasteiger partial charge in [0.05, 0.1) is 6.54 Å². The van der Waals surface area contributed by atoms with Crippen molar-refractivity contribution in [2.75, 3.05) is 18.8 Å². The molecule has 0 saturated carbocycles. The monoisotopic (exact) mass is 252 g/mol. The van der Waals surface area contributed by atoms with Crippen molar-refractivity contribution in [2.45, 2.75) is 13.8 Å². The lowest BCUT2D eigenvalue weighted by atomic mass is 10.2. The highest BCUT2D eigenvalue weighted by atomic mass is 32.2. The van der Waals surface area contributed by atoms with Crippen LogP contribution in [0.15, 0.2) is 0 Å². The zero-order valence-electron chi connectivity index (χ0n) is 9.21. The third-order valence-corrected chi connectivity index (χ3v) is 3.28. The molecule has 0 fully saturated rings. The molecule has 0 aromatic heterocycles. The molecule has 0 spiro atoms. The molecule has 0 atom stereocenters. The van der Waals surface area contributed by atoms with E-state index < -0.39 is 34.2 Å². The first-order valence-electron chi connectivity index (χ1n) is 4.63. The highest BCUT2D eigenvalue weighted by Crippen LogP contribution is 2.06. The standard InChI is InChI=1S/C8H16N2O5S/c1-6(2)3-10(4-7(9)11)16(14,15)5-8(12)13/h6H,3-5H2,1-2H3,(H2,9,11)(H,12,13). The third-order valence-electron chi connectivity index (χ3n) is 1.60. The second kappa shape index (κ2) is 5.80. The van der Waals surface area contributed by atoms with Crippen molar-refractivity contribution in [3.8, 4) is 0 Å². The number of sulfonamides is 1. The maximum Gasteiger partial charge on any atom is 0.320 e. The van der Waals surface area contributed by atoms with E-state index in [1.54, 1.807) is 13.8 Å². The SMILES string of the molecule is CC(C)CN(CC(N)=O)S(=O)(=O)CC(=O)O. The summed E-state index contributed by atoms with van der Waals surface area (Å²) in [7, 11) is -3.98. The number of carbonyl (C=O) groups is 2. The number of primary amides is 1. The molecule has 0 aliphatic carbocycles. The molecule has 8 heteroatoms. The first-order chi connectivity index (χ1) is 7.15. The summed E-state index contributed by atoms with van der Waals surface area (Å²) in [5.74, 6) is -3.33. The van der Waals surface area contributed by atoms with Crippen LogP contribution in [0.2, 0.25) is 0 Å². The van der Waals surface area contributed by atoms with Gasteiger partial charge in [-0.2, -0.15) is 4.31 Å². The minimum Gasteiger partial charge on any atom is -0.480 e. The van der Waals surface area contributed by atoms with Crippen LogP contribution >= 0.6 is 0 Å². The van der Waals surface area contributed by atoms with Gasteiger partial charge >= 0.3 is 5.97 Å². The van der Waals surface area contributed by atoms with Crippen LogP contribution in [0.25, 0.3) is 0 Å². The summed E-state index contributed by atoms with van der Waals surface area (Å²) in [6, 6.07) is 0. The highest BCUT2D eigenvalue weighted by molar-refractivity contribution is 7.89. The van der Waals surface area contributed by atoms with E-state index in [1.165, 1.54) is 0 Å². The summed E-state index contributed by atoms with van der Waals surface area (Å²) in [6.45, 7) is 3.08. The molecule has 7 nitrogen and oxygen atoms in total. The fraction of sp³-hybridized carbons (Fsp3) is 0.750. The Morgan fingerprint density at radius 2 is 1.88 bits per heavy atom. The first-order valence-corrected chi connectivity index (χ1v) is 6.24. The van der Waals surface area contributed by atoms with Gasteiger partial charge in [-0.15, -0.1) is 0 Å². The van der Waals surface area contributed by atoms with E-state index in [0.717, 1.165) is 4.31 Å². The predicted octanol–water partition coefficient (Wildman–Crippen LogP) is -1.16. The zero-order valence-corrected chi connectivity index (χ0v) is 10.0. The summed E-state index contributed by atoms with van der Waals surface area (Å²) in [5.41, 5.74) is 4.90. The predicted molar refractivity (Wildman–Crippen MR) is 57.0 cm³/mol. The number of nitrogens with two attached hydrogens (primary N) is 1. The smallest absolute Gasteiger partial charge is 0.320 e. The fourth-order valence-corrected chi connectivity index (χ4v) is 2.45. The topological polar surface area (TPSA) is 118 Å². The molecule has 0 aliphatic heterocycles. The third kappa shape index (κ3) is 5.66. The van der Waals surface area contributed by atoms with Gasteiger partial charge in [-0.25, -0.2) is 8.42 Å². The number of carboxylic acids is 1. The minimum atomic E-state index is -3.98. The van der Waals surface area contributed by atoms with Crippen LogP contribution in [0.3, 0.4) is 0 Å². The van der Waals surface area contributed by atoms with Crippen LogP contribution in [0, 0.1) is 5.92 Å². The van der Waals surface area contributed by atoms with E-state index in [1.807, 2.05) is 0 Å². The average molecular weight is 252 g/mol. The number of aliphatic carboxylic acids is 1. The molecular weight excluding hydrogens is 236 g/mol. The number of hydrogen-bond acceptors (Lipinski definition) is 4. The Morgan fingerprint density at radius 3 is 2.19 bits per heavy atom. The molecule has 0 bridgehead atoms. The van der Waals surface area contributed by atoms with Gasteiger partial charge in [-0.3, -0.25) is 9.59 Å². The Labute approximate surface area is 94.3 Å². The Hall–Kier alpha value is -1.15. The second-order valence-electron chi connectivity index (χ2n) is 3.80. The number of hydrogen-bond donors (Lipinski definition) is 2. The highest BCUT2D eigenvalue weighted by Gasteiger charge is 2.26. The van der Waals surface area contributed by atoms with Gasteiger partial charge in [0.1, 0.15) is 0 Å².